The fourth-order valence-corrected chi connectivity index (χ4v) is 4.11. The second kappa shape index (κ2) is 12.7. The molecule has 1 amide bonds. The number of amides is 1. The Morgan fingerprint density at radius 1 is 0.974 bits per heavy atom. The number of rotatable bonds is 10. The molecule has 0 aliphatic heterocycles. The predicted octanol–water partition coefficient (Wildman–Crippen LogP) is 6.52. The summed E-state index contributed by atoms with van der Waals surface area (Å²) in [5.41, 5.74) is 4.85. The molecular weight excluding hydrogens is 476 g/mol. The van der Waals surface area contributed by atoms with Gasteiger partial charge in [-0.25, -0.2) is 4.79 Å². The number of aliphatic hydroxyl groups is 1. The van der Waals surface area contributed by atoms with Crippen LogP contribution in [0.5, 0.6) is 0 Å². The number of hydrogen-bond acceptors (Lipinski definition) is 5. The maximum absolute atomic E-state index is 12.9. The minimum absolute atomic E-state index is 0.145. The zero-order valence-corrected chi connectivity index (χ0v) is 23.3. The van der Waals surface area contributed by atoms with Crippen LogP contribution in [0.1, 0.15) is 62.2 Å². The van der Waals surface area contributed by atoms with E-state index in [1.165, 1.54) is 0 Å². The molecule has 6 heteroatoms. The monoisotopic (exact) mass is 516 g/mol. The van der Waals surface area contributed by atoms with Gasteiger partial charge >= 0.3 is 6.09 Å². The standard InChI is InChI=1S/C32H40N2O4/c1-23(2)33(6)29-20-27(16-17-28(29)22-35)25-14-12-24(13-15-25)18-19-34(31(37)38-32(3,4)5)21-30(36)26-10-8-7-9-11-26/h7-17,20,22-23,30,36H,18-19,21H2,1-6H3/t30-/m0/s1. The molecule has 0 aromatic heterocycles. The fourth-order valence-electron chi connectivity index (χ4n) is 4.11. The van der Waals surface area contributed by atoms with E-state index in [0.29, 0.717) is 18.5 Å². The summed E-state index contributed by atoms with van der Waals surface area (Å²) >= 11 is 0. The normalized spacial score (nSPS) is 12.2. The highest BCUT2D eigenvalue weighted by molar-refractivity contribution is 5.87. The van der Waals surface area contributed by atoms with Gasteiger partial charge in [-0.2, -0.15) is 0 Å². The van der Waals surface area contributed by atoms with Gasteiger partial charge in [0.05, 0.1) is 12.6 Å². The highest BCUT2D eigenvalue weighted by Crippen LogP contribution is 2.28. The molecule has 0 saturated heterocycles. The number of nitrogens with zero attached hydrogens (tertiary/aromatic N) is 2. The number of aliphatic hydroxyl groups excluding tert-OH is 1. The van der Waals surface area contributed by atoms with Gasteiger partial charge in [-0.15, -0.1) is 0 Å². The summed E-state index contributed by atoms with van der Waals surface area (Å²) in [4.78, 5) is 28.2. The first-order valence-electron chi connectivity index (χ1n) is 13.1. The van der Waals surface area contributed by atoms with Crippen LogP contribution in [-0.2, 0) is 11.2 Å². The summed E-state index contributed by atoms with van der Waals surface area (Å²) in [6.07, 6.45) is 0.262. The lowest BCUT2D eigenvalue weighted by Gasteiger charge is -2.29. The third-order valence-corrected chi connectivity index (χ3v) is 6.50. The summed E-state index contributed by atoms with van der Waals surface area (Å²) in [7, 11) is 1.99. The molecule has 0 aliphatic carbocycles. The quantitative estimate of drug-likeness (QED) is 0.311. The Balaban J connectivity index is 1.74. The number of aldehydes is 1. The molecule has 0 fully saturated rings. The Labute approximate surface area is 226 Å². The van der Waals surface area contributed by atoms with Gasteiger partial charge in [-0.3, -0.25) is 4.79 Å². The van der Waals surface area contributed by atoms with Crippen LogP contribution in [0.25, 0.3) is 11.1 Å². The van der Waals surface area contributed by atoms with Gasteiger partial charge in [0.25, 0.3) is 0 Å². The van der Waals surface area contributed by atoms with Gasteiger partial charge in [0.15, 0.2) is 6.29 Å². The van der Waals surface area contributed by atoms with Crippen molar-refractivity contribution in [1.82, 2.24) is 4.90 Å². The van der Waals surface area contributed by atoms with Crippen molar-refractivity contribution in [1.29, 1.82) is 0 Å². The number of hydrogen-bond donors (Lipinski definition) is 1. The molecular formula is C32H40N2O4. The number of carbonyl (C=O) groups excluding carboxylic acids is 2. The topological polar surface area (TPSA) is 70.1 Å². The van der Waals surface area contributed by atoms with Crippen molar-refractivity contribution in [3.05, 3.63) is 89.5 Å². The molecule has 3 aromatic rings. The average molecular weight is 517 g/mol. The number of ether oxygens (including phenoxy) is 1. The van der Waals surface area contributed by atoms with E-state index in [1.807, 2.05) is 76.3 Å². The minimum Gasteiger partial charge on any atom is -0.444 e. The molecule has 0 spiro atoms. The molecule has 0 radical (unpaired) electrons. The lowest BCUT2D eigenvalue weighted by molar-refractivity contribution is 0.0147. The van der Waals surface area contributed by atoms with E-state index in [9.17, 15) is 14.7 Å². The van der Waals surface area contributed by atoms with Crippen molar-refractivity contribution >= 4 is 18.1 Å². The van der Waals surface area contributed by atoms with Crippen LogP contribution in [0, 0.1) is 0 Å². The average Bonchev–Trinajstić information content (AvgIpc) is 2.89. The van der Waals surface area contributed by atoms with Crippen molar-refractivity contribution in [3.63, 3.8) is 0 Å². The Kier molecular flexibility index (Phi) is 9.70. The summed E-state index contributed by atoms with van der Waals surface area (Å²) < 4.78 is 5.62. The van der Waals surface area contributed by atoms with Gasteiger partial charge in [0, 0.05) is 30.9 Å². The molecule has 1 atom stereocenters. The van der Waals surface area contributed by atoms with E-state index >= 15 is 0 Å². The van der Waals surface area contributed by atoms with E-state index in [2.05, 4.69) is 43.0 Å². The van der Waals surface area contributed by atoms with Gasteiger partial charge in [-0.1, -0.05) is 60.7 Å². The lowest BCUT2D eigenvalue weighted by atomic mass is 10.00. The van der Waals surface area contributed by atoms with Gasteiger partial charge in [0.2, 0.25) is 0 Å². The molecule has 0 saturated carbocycles. The van der Waals surface area contributed by atoms with Crippen LogP contribution < -0.4 is 4.90 Å². The molecule has 0 unspecified atom stereocenters. The smallest absolute Gasteiger partial charge is 0.410 e. The fraction of sp³-hybridized carbons (Fsp3) is 0.375. The molecule has 38 heavy (non-hydrogen) atoms. The highest BCUT2D eigenvalue weighted by atomic mass is 16.6. The zero-order valence-electron chi connectivity index (χ0n) is 23.3. The molecule has 0 aliphatic rings. The van der Waals surface area contributed by atoms with Crippen molar-refractivity contribution < 1.29 is 19.4 Å². The Morgan fingerprint density at radius 2 is 1.61 bits per heavy atom. The second-order valence-corrected chi connectivity index (χ2v) is 10.9. The Hall–Kier alpha value is -3.64. The molecule has 3 rings (SSSR count). The molecule has 6 nitrogen and oxygen atoms in total. The predicted molar refractivity (Wildman–Crippen MR) is 154 cm³/mol. The first kappa shape index (κ1) is 28.9. The van der Waals surface area contributed by atoms with Gasteiger partial charge in [0.1, 0.15) is 5.60 Å². The number of benzene rings is 3. The summed E-state index contributed by atoms with van der Waals surface area (Å²) in [5.74, 6) is 0. The third-order valence-electron chi connectivity index (χ3n) is 6.50. The first-order chi connectivity index (χ1) is 18.0. The van der Waals surface area contributed by atoms with Crippen LogP contribution in [0.4, 0.5) is 10.5 Å². The summed E-state index contributed by atoms with van der Waals surface area (Å²) in [6.45, 7) is 10.2. The van der Waals surface area contributed by atoms with Crippen LogP contribution >= 0.6 is 0 Å². The first-order valence-corrected chi connectivity index (χ1v) is 13.1. The molecule has 3 aromatic carbocycles. The lowest BCUT2D eigenvalue weighted by Crippen LogP contribution is -2.40. The van der Waals surface area contributed by atoms with Crippen LogP contribution in [0.3, 0.4) is 0 Å². The molecule has 202 valence electrons. The van der Waals surface area contributed by atoms with E-state index in [-0.39, 0.29) is 12.6 Å². The highest BCUT2D eigenvalue weighted by Gasteiger charge is 2.24. The van der Waals surface area contributed by atoms with Crippen LogP contribution in [0.15, 0.2) is 72.8 Å². The van der Waals surface area contributed by atoms with Crippen LogP contribution in [-0.4, -0.2) is 54.2 Å². The summed E-state index contributed by atoms with van der Waals surface area (Å²) in [5, 5.41) is 10.8. The largest absolute Gasteiger partial charge is 0.444 e. The second-order valence-electron chi connectivity index (χ2n) is 10.9. The van der Waals surface area contributed by atoms with Crippen molar-refractivity contribution in [2.45, 2.75) is 58.8 Å². The van der Waals surface area contributed by atoms with E-state index in [0.717, 1.165) is 34.2 Å². The third kappa shape index (κ3) is 7.93. The van der Waals surface area contributed by atoms with Crippen molar-refractivity contribution in [3.8, 4) is 11.1 Å². The van der Waals surface area contributed by atoms with Gasteiger partial charge in [-0.05, 0) is 75.4 Å². The maximum atomic E-state index is 12.9. The van der Waals surface area contributed by atoms with Crippen LogP contribution in [0.2, 0.25) is 0 Å². The molecule has 1 N–H and O–H groups in total. The summed E-state index contributed by atoms with van der Waals surface area (Å²) in [6, 6.07) is 23.7. The van der Waals surface area contributed by atoms with E-state index in [4.69, 9.17) is 4.74 Å². The van der Waals surface area contributed by atoms with E-state index in [1.54, 1.807) is 4.90 Å². The molecule has 0 bridgehead atoms. The van der Waals surface area contributed by atoms with Crippen molar-refractivity contribution in [2.75, 3.05) is 25.0 Å². The zero-order chi connectivity index (χ0) is 27.9. The number of carbonyl (C=O) groups is 2. The molecule has 0 heterocycles. The SMILES string of the molecule is CC(C)N(C)c1cc(-c2ccc(CCN(C[C@H](O)c3ccccc3)C(=O)OC(C)(C)C)cc2)ccc1C=O. The van der Waals surface area contributed by atoms with Gasteiger partial charge < -0.3 is 19.6 Å². The minimum atomic E-state index is -0.807. The Morgan fingerprint density at radius 3 is 2.18 bits per heavy atom. The van der Waals surface area contributed by atoms with E-state index < -0.39 is 17.8 Å². The number of anilines is 1. The van der Waals surface area contributed by atoms with Crippen molar-refractivity contribution in [2.24, 2.45) is 0 Å². The maximum Gasteiger partial charge on any atom is 0.410 e. The Bertz CT molecular complexity index is 1200.